The molecule has 0 aromatic heterocycles. The van der Waals surface area contributed by atoms with Crippen LogP contribution in [0, 0.1) is 11.3 Å². The molecule has 2 amide bonds. The highest BCUT2D eigenvalue weighted by Crippen LogP contribution is 2.35. The van der Waals surface area contributed by atoms with E-state index >= 15 is 0 Å². The summed E-state index contributed by atoms with van der Waals surface area (Å²) in [5, 5.41) is 20.2. The van der Waals surface area contributed by atoms with E-state index in [-0.39, 0.29) is 64.3 Å². The number of hydrogen-bond donors (Lipinski definition) is 4. The van der Waals surface area contributed by atoms with Crippen LogP contribution in [0.5, 0.6) is 11.5 Å². The number of rotatable bonds is 14. The smallest absolute Gasteiger partial charge is 0.243 e. The number of amides is 2. The number of carbonyl (C=O) groups is 2. The van der Waals surface area contributed by atoms with Crippen LogP contribution in [-0.2, 0) is 26.0 Å². The van der Waals surface area contributed by atoms with E-state index in [9.17, 15) is 23.1 Å². The van der Waals surface area contributed by atoms with Crippen molar-refractivity contribution in [1.29, 1.82) is 0 Å². The SMILES string of the molecule is C.CN[C@@H](C)C(=O)N[C@H](C(=O)N[C@@H](Cc1ccccc1)[C@H](O)CN(CC(C)C)S(=O)(=O)c1ccc2c(c1)OCO2)C(C)(C)C.Cl.[HH]. The number of ether oxygens (including phenoxy) is 2. The minimum absolute atomic E-state index is 0. The van der Waals surface area contributed by atoms with E-state index < -0.39 is 45.6 Å². The number of hydrogen-bond acceptors (Lipinski definition) is 8. The summed E-state index contributed by atoms with van der Waals surface area (Å²) in [7, 11) is -2.40. The summed E-state index contributed by atoms with van der Waals surface area (Å²) in [6.45, 7) is 10.9. The number of sulfonamides is 1. The highest BCUT2D eigenvalue weighted by Gasteiger charge is 2.37. The Hall–Kier alpha value is -2.90. The minimum atomic E-state index is -4.05. The lowest BCUT2D eigenvalue weighted by Crippen LogP contribution is -2.60. The molecule has 2 aromatic rings. The zero-order chi connectivity index (χ0) is 31.9. The molecular formula is C32H53ClN4O7S. The maximum absolute atomic E-state index is 13.8. The predicted molar refractivity (Wildman–Crippen MR) is 180 cm³/mol. The van der Waals surface area contributed by atoms with Crippen molar-refractivity contribution in [3.63, 3.8) is 0 Å². The number of benzene rings is 2. The van der Waals surface area contributed by atoms with Crippen molar-refractivity contribution >= 4 is 34.2 Å². The lowest BCUT2D eigenvalue weighted by atomic mass is 9.85. The van der Waals surface area contributed by atoms with E-state index in [0.29, 0.717) is 11.5 Å². The molecule has 11 nitrogen and oxygen atoms in total. The third-order valence-electron chi connectivity index (χ3n) is 7.27. The van der Waals surface area contributed by atoms with E-state index in [1.54, 1.807) is 20.0 Å². The fourth-order valence-electron chi connectivity index (χ4n) is 4.69. The first kappa shape index (κ1) is 40.1. The number of halogens is 1. The number of aliphatic hydroxyl groups is 1. The second-order valence-corrected chi connectivity index (χ2v) is 14.4. The molecule has 0 unspecified atom stereocenters. The summed E-state index contributed by atoms with van der Waals surface area (Å²) < 4.78 is 39.6. The molecule has 3 rings (SSSR count). The normalized spacial score (nSPS) is 15.3. The van der Waals surface area contributed by atoms with Crippen molar-refractivity contribution in [2.45, 2.75) is 84.5 Å². The molecule has 4 N–H and O–H groups in total. The zero-order valence-electron chi connectivity index (χ0n) is 26.5. The van der Waals surface area contributed by atoms with Crippen LogP contribution < -0.4 is 25.4 Å². The quantitative estimate of drug-likeness (QED) is 0.238. The summed E-state index contributed by atoms with van der Waals surface area (Å²) in [5.74, 6) is -0.0607. The van der Waals surface area contributed by atoms with Crippen LogP contribution >= 0.6 is 12.4 Å². The Balaban J connectivity index is 0.00000675. The lowest BCUT2D eigenvalue weighted by Gasteiger charge is -2.35. The van der Waals surface area contributed by atoms with Crippen molar-refractivity contribution in [1.82, 2.24) is 20.3 Å². The van der Waals surface area contributed by atoms with Gasteiger partial charge in [-0.05, 0) is 49.4 Å². The van der Waals surface area contributed by atoms with Crippen molar-refractivity contribution in [3.8, 4) is 11.5 Å². The van der Waals surface area contributed by atoms with E-state index in [0.717, 1.165) is 5.56 Å². The van der Waals surface area contributed by atoms with Gasteiger partial charge in [0.2, 0.25) is 28.6 Å². The van der Waals surface area contributed by atoms with Gasteiger partial charge in [-0.25, -0.2) is 8.42 Å². The van der Waals surface area contributed by atoms with Gasteiger partial charge in [-0.2, -0.15) is 4.31 Å². The first-order chi connectivity index (χ1) is 20.1. The van der Waals surface area contributed by atoms with E-state index in [2.05, 4.69) is 16.0 Å². The Morgan fingerprint density at radius 3 is 2.18 bits per heavy atom. The highest BCUT2D eigenvalue weighted by molar-refractivity contribution is 7.89. The number of nitrogens with zero attached hydrogens (tertiary/aromatic N) is 1. The Kier molecular flexibility index (Phi) is 15.3. The van der Waals surface area contributed by atoms with E-state index in [4.69, 9.17) is 9.47 Å². The molecule has 2 aromatic carbocycles. The van der Waals surface area contributed by atoms with Gasteiger partial charge < -0.3 is 30.5 Å². The molecule has 0 fully saturated rings. The van der Waals surface area contributed by atoms with Gasteiger partial charge in [-0.1, -0.05) is 72.4 Å². The van der Waals surface area contributed by atoms with Gasteiger partial charge in [0.15, 0.2) is 11.5 Å². The van der Waals surface area contributed by atoms with Crippen molar-refractivity contribution in [3.05, 3.63) is 54.1 Å². The number of carbonyl (C=O) groups excluding carboxylic acids is 2. The van der Waals surface area contributed by atoms with Crippen molar-refractivity contribution < 1.29 is 34.0 Å². The fourth-order valence-corrected chi connectivity index (χ4v) is 6.33. The first-order valence-corrected chi connectivity index (χ1v) is 16.0. The van der Waals surface area contributed by atoms with Crippen LogP contribution in [-0.4, -0.2) is 80.8 Å². The molecule has 1 heterocycles. The van der Waals surface area contributed by atoms with Gasteiger partial charge >= 0.3 is 0 Å². The highest BCUT2D eigenvalue weighted by atomic mass is 35.5. The van der Waals surface area contributed by atoms with E-state index in [1.807, 2.05) is 65.0 Å². The van der Waals surface area contributed by atoms with Gasteiger partial charge in [0.25, 0.3) is 0 Å². The Morgan fingerprint density at radius 1 is 0.978 bits per heavy atom. The van der Waals surface area contributed by atoms with Gasteiger partial charge in [-0.3, -0.25) is 9.59 Å². The molecule has 1 aliphatic rings. The molecular weight excluding hydrogens is 620 g/mol. The Labute approximate surface area is 276 Å². The molecule has 13 heteroatoms. The first-order valence-electron chi connectivity index (χ1n) is 14.5. The maximum Gasteiger partial charge on any atom is 0.243 e. The minimum Gasteiger partial charge on any atom is -0.454 e. The maximum atomic E-state index is 13.8. The topological polar surface area (TPSA) is 146 Å². The van der Waals surface area contributed by atoms with E-state index in [1.165, 1.54) is 16.4 Å². The third-order valence-corrected chi connectivity index (χ3v) is 9.10. The second-order valence-electron chi connectivity index (χ2n) is 12.4. The summed E-state index contributed by atoms with van der Waals surface area (Å²) in [6.07, 6.45) is -1.04. The average molecular weight is 673 g/mol. The molecule has 0 spiro atoms. The largest absolute Gasteiger partial charge is 0.454 e. The van der Waals surface area contributed by atoms with Gasteiger partial charge in [0, 0.05) is 20.6 Å². The monoisotopic (exact) mass is 672 g/mol. The molecule has 45 heavy (non-hydrogen) atoms. The molecule has 0 radical (unpaired) electrons. The second kappa shape index (κ2) is 17.1. The third kappa shape index (κ3) is 10.8. The van der Waals surface area contributed by atoms with Crippen LogP contribution in [0.1, 0.15) is 56.0 Å². The molecule has 4 atom stereocenters. The number of nitrogens with one attached hydrogen (secondary N) is 3. The van der Waals surface area contributed by atoms with Gasteiger partial charge in [0.05, 0.1) is 23.1 Å². The summed E-state index contributed by atoms with van der Waals surface area (Å²) in [5.41, 5.74) is 0.197. The number of aliphatic hydroxyl groups excluding tert-OH is 1. The summed E-state index contributed by atoms with van der Waals surface area (Å²) in [4.78, 5) is 26.4. The lowest BCUT2D eigenvalue weighted by molar-refractivity contribution is -0.133. The van der Waals surface area contributed by atoms with Crippen LogP contribution in [0.3, 0.4) is 0 Å². The molecule has 0 saturated heterocycles. The number of likely N-dealkylation sites (N-methyl/N-ethyl adjacent to an activating group) is 1. The number of fused-ring (bicyclic) bond motifs is 1. The average Bonchev–Trinajstić information content (AvgIpc) is 3.42. The van der Waals surface area contributed by atoms with Crippen LogP contribution in [0.4, 0.5) is 0 Å². The molecule has 0 saturated carbocycles. The molecule has 1 aliphatic heterocycles. The molecule has 0 bridgehead atoms. The van der Waals surface area contributed by atoms with Gasteiger partial charge in [0.1, 0.15) is 6.04 Å². The van der Waals surface area contributed by atoms with Crippen molar-refractivity contribution in [2.75, 3.05) is 26.9 Å². The standard InChI is InChI=1S/C31H46N4O7S.CH4.ClH.H2/c1-20(2)17-35(43(39,40)23-13-14-26-27(16-23)42-19-41-26)18-25(36)24(15-22-11-9-8-10-12-22)33-30(38)28(31(4,5)6)34-29(37)21(3)32-7;;;/h8-14,16,20-21,24-25,28,32,36H,15,17-19H2,1-7H3,(H,33,38)(H,34,37);1H4;2*1H/t21-,24-,25+,28+;;;/m0.../s1. The van der Waals surface area contributed by atoms with Crippen LogP contribution in [0.2, 0.25) is 0 Å². The summed E-state index contributed by atoms with van der Waals surface area (Å²) in [6, 6.07) is 11.5. The Morgan fingerprint density at radius 2 is 1.60 bits per heavy atom. The van der Waals surface area contributed by atoms with Gasteiger partial charge in [-0.15, -0.1) is 12.4 Å². The molecule has 256 valence electrons. The predicted octanol–water partition coefficient (Wildman–Crippen LogP) is 3.59. The Bertz CT molecular complexity index is 1360. The van der Waals surface area contributed by atoms with Crippen LogP contribution in [0.15, 0.2) is 53.4 Å². The van der Waals surface area contributed by atoms with Crippen LogP contribution in [0.25, 0.3) is 0 Å². The molecule has 0 aliphatic carbocycles. The zero-order valence-corrected chi connectivity index (χ0v) is 28.1. The summed E-state index contributed by atoms with van der Waals surface area (Å²) >= 11 is 0. The fraction of sp³-hybridized carbons (Fsp3) is 0.562. The van der Waals surface area contributed by atoms with Crippen molar-refractivity contribution in [2.24, 2.45) is 11.3 Å².